The minimum absolute atomic E-state index is 0.345. The number of hydrogen-bond donors (Lipinski definition) is 1. The van der Waals surface area contributed by atoms with Crippen LogP contribution in [0.5, 0.6) is 0 Å². The summed E-state index contributed by atoms with van der Waals surface area (Å²) in [5.41, 5.74) is 6.57. The molecule has 0 spiro atoms. The third kappa shape index (κ3) is 2.87. The van der Waals surface area contributed by atoms with E-state index in [1.807, 2.05) is 0 Å². The zero-order valence-corrected chi connectivity index (χ0v) is 9.06. The summed E-state index contributed by atoms with van der Waals surface area (Å²) < 4.78 is 0. The predicted octanol–water partition coefficient (Wildman–Crippen LogP) is -0.194. The van der Waals surface area contributed by atoms with E-state index in [1.165, 1.54) is 0 Å². The van der Waals surface area contributed by atoms with Crippen molar-refractivity contribution < 1.29 is 0 Å². The number of rotatable bonds is 2. The molecule has 0 bridgehead atoms. The van der Waals surface area contributed by atoms with Crippen molar-refractivity contribution in [3.63, 3.8) is 0 Å². The molecule has 0 saturated carbocycles. The summed E-state index contributed by atoms with van der Waals surface area (Å²) in [5.74, 6) is 0.345. The van der Waals surface area contributed by atoms with Crippen molar-refractivity contribution in [1.29, 1.82) is 0 Å². The van der Waals surface area contributed by atoms with E-state index in [-0.39, 0.29) is 0 Å². The zero-order chi connectivity index (χ0) is 10.7. The lowest BCUT2D eigenvalue weighted by molar-refractivity contribution is 0.148. The minimum Gasteiger partial charge on any atom is -0.368 e. The van der Waals surface area contributed by atoms with E-state index in [0.717, 1.165) is 38.3 Å². The van der Waals surface area contributed by atoms with E-state index < -0.39 is 0 Å². The fourth-order valence-electron chi connectivity index (χ4n) is 1.71. The van der Waals surface area contributed by atoms with Crippen LogP contribution in [0.15, 0.2) is 12.4 Å². The molecular weight excluding hydrogens is 190 g/mol. The number of nitrogens with two attached hydrogens (primary N) is 1. The molecule has 0 unspecified atom stereocenters. The van der Waals surface area contributed by atoms with Gasteiger partial charge in [-0.1, -0.05) is 0 Å². The van der Waals surface area contributed by atoms with E-state index in [2.05, 4.69) is 26.8 Å². The first-order valence-electron chi connectivity index (χ1n) is 5.21. The summed E-state index contributed by atoms with van der Waals surface area (Å²) in [6, 6.07) is 0. The van der Waals surface area contributed by atoms with E-state index in [4.69, 9.17) is 5.73 Å². The molecule has 0 amide bonds. The highest BCUT2D eigenvalue weighted by atomic mass is 15.2. The Labute approximate surface area is 89.9 Å². The highest BCUT2D eigenvalue weighted by Gasteiger charge is 2.13. The molecule has 5 nitrogen and oxygen atoms in total. The van der Waals surface area contributed by atoms with Gasteiger partial charge in [0.05, 0.1) is 0 Å². The Hall–Kier alpha value is -1.20. The van der Waals surface area contributed by atoms with Gasteiger partial charge in [-0.3, -0.25) is 4.90 Å². The largest absolute Gasteiger partial charge is 0.368 e. The average molecular weight is 207 g/mol. The average Bonchev–Trinajstić information content (AvgIpc) is 2.25. The van der Waals surface area contributed by atoms with Gasteiger partial charge < -0.3 is 10.6 Å². The lowest BCUT2D eigenvalue weighted by atomic mass is 10.2. The monoisotopic (exact) mass is 207 g/mol. The van der Waals surface area contributed by atoms with Gasteiger partial charge in [-0.05, 0) is 7.05 Å². The van der Waals surface area contributed by atoms with Gasteiger partial charge in [0.15, 0.2) is 0 Å². The molecule has 0 radical (unpaired) electrons. The molecular formula is C10H17N5. The van der Waals surface area contributed by atoms with Crippen molar-refractivity contribution >= 4 is 5.95 Å². The molecule has 0 atom stereocenters. The highest BCUT2D eigenvalue weighted by molar-refractivity contribution is 5.17. The van der Waals surface area contributed by atoms with Crippen LogP contribution in [0.1, 0.15) is 5.56 Å². The Morgan fingerprint density at radius 3 is 2.40 bits per heavy atom. The number of hydrogen-bond acceptors (Lipinski definition) is 5. The van der Waals surface area contributed by atoms with Crippen molar-refractivity contribution in [1.82, 2.24) is 19.8 Å². The van der Waals surface area contributed by atoms with E-state index in [1.54, 1.807) is 12.4 Å². The predicted molar refractivity (Wildman–Crippen MR) is 59.2 cm³/mol. The Kier molecular flexibility index (Phi) is 3.13. The van der Waals surface area contributed by atoms with E-state index in [0.29, 0.717) is 5.95 Å². The maximum Gasteiger partial charge on any atom is 0.219 e. The molecule has 1 aromatic heterocycles. The first-order valence-corrected chi connectivity index (χ1v) is 5.21. The van der Waals surface area contributed by atoms with Crippen molar-refractivity contribution in [2.75, 3.05) is 39.0 Å². The minimum atomic E-state index is 0.345. The van der Waals surface area contributed by atoms with E-state index >= 15 is 0 Å². The number of anilines is 1. The van der Waals surface area contributed by atoms with Crippen molar-refractivity contribution in [3.05, 3.63) is 18.0 Å². The summed E-state index contributed by atoms with van der Waals surface area (Å²) >= 11 is 0. The quantitative estimate of drug-likeness (QED) is 0.728. The van der Waals surface area contributed by atoms with Gasteiger partial charge in [-0.15, -0.1) is 0 Å². The summed E-state index contributed by atoms with van der Waals surface area (Å²) in [5, 5.41) is 0. The molecule has 1 aromatic rings. The molecule has 2 heterocycles. The van der Waals surface area contributed by atoms with Crippen molar-refractivity contribution in [2.24, 2.45) is 0 Å². The topological polar surface area (TPSA) is 58.3 Å². The lowest BCUT2D eigenvalue weighted by Gasteiger charge is -2.32. The van der Waals surface area contributed by atoms with Crippen LogP contribution < -0.4 is 5.73 Å². The van der Waals surface area contributed by atoms with Crippen LogP contribution in [-0.2, 0) is 6.54 Å². The maximum atomic E-state index is 5.44. The van der Waals surface area contributed by atoms with Crippen LogP contribution in [0.3, 0.4) is 0 Å². The Balaban J connectivity index is 1.89. The van der Waals surface area contributed by atoms with Gasteiger partial charge in [0.25, 0.3) is 0 Å². The zero-order valence-electron chi connectivity index (χ0n) is 9.06. The molecule has 0 aliphatic carbocycles. The molecule has 1 fully saturated rings. The molecule has 0 aromatic carbocycles. The third-order valence-electron chi connectivity index (χ3n) is 2.73. The number of likely N-dealkylation sites (N-methyl/N-ethyl adjacent to an activating group) is 1. The standard InChI is InChI=1S/C10H17N5/c1-14-2-4-15(5-3-14)8-9-6-12-10(11)13-7-9/h6-7H,2-5,8H2,1H3,(H2,11,12,13). The lowest BCUT2D eigenvalue weighted by Crippen LogP contribution is -2.43. The molecule has 2 N–H and O–H groups in total. The molecule has 5 heteroatoms. The number of nitrogens with zero attached hydrogens (tertiary/aromatic N) is 4. The van der Waals surface area contributed by atoms with Crippen molar-refractivity contribution in [2.45, 2.75) is 6.54 Å². The summed E-state index contributed by atoms with van der Waals surface area (Å²) in [7, 11) is 2.16. The Bertz CT molecular complexity index is 302. The van der Waals surface area contributed by atoms with Crippen LogP contribution in [0.25, 0.3) is 0 Å². The summed E-state index contributed by atoms with van der Waals surface area (Å²) in [4.78, 5) is 12.7. The van der Waals surface area contributed by atoms with Crippen LogP contribution >= 0.6 is 0 Å². The summed E-state index contributed by atoms with van der Waals surface area (Å²) in [6.45, 7) is 5.42. The maximum absolute atomic E-state index is 5.44. The fourth-order valence-corrected chi connectivity index (χ4v) is 1.71. The molecule has 2 rings (SSSR count). The normalized spacial score (nSPS) is 19.3. The van der Waals surface area contributed by atoms with Gasteiger partial charge in [0.1, 0.15) is 0 Å². The first kappa shape index (κ1) is 10.3. The van der Waals surface area contributed by atoms with Crippen LogP contribution in [0, 0.1) is 0 Å². The second-order valence-electron chi connectivity index (χ2n) is 4.03. The molecule has 1 saturated heterocycles. The number of piperazine rings is 1. The second kappa shape index (κ2) is 4.55. The SMILES string of the molecule is CN1CCN(Cc2cnc(N)nc2)CC1. The second-order valence-corrected chi connectivity index (χ2v) is 4.03. The molecule has 82 valence electrons. The van der Waals surface area contributed by atoms with Gasteiger partial charge >= 0.3 is 0 Å². The molecule has 15 heavy (non-hydrogen) atoms. The van der Waals surface area contributed by atoms with Crippen LogP contribution in [0.4, 0.5) is 5.95 Å². The number of aromatic nitrogens is 2. The van der Waals surface area contributed by atoms with Gasteiger partial charge in [-0.2, -0.15) is 0 Å². The Morgan fingerprint density at radius 2 is 1.80 bits per heavy atom. The smallest absolute Gasteiger partial charge is 0.219 e. The van der Waals surface area contributed by atoms with Crippen LogP contribution in [-0.4, -0.2) is 53.0 Å². The molecule has 1 aliphatic heterocycles. The van der Waals surface area contributed by atoms with Gasteiger partial charge in [0.2, 0.25) is 5.95 Å². The van der Waals surface area contributed by atoms with Gasteiger partial charge in [0, 0.05) is 50.7 Å². The summed E-state index contributed by atoms with van der Waals surface area (Å²) in [6.07, 6.45) is 3.61. The fraction of sp³-hybridized carbons (Fsp3) is 0.600. The first-order chi connectivity index (χ1) is 7.24. The third-order valence-corrected chi connectivity index (χ3v) is 2.73. The Morgan fingerprint density at radius 1 is 1.20 bits per heavy atom. The molecule has 1 aliphatic rings. The van der Waals surface area contributed by atoms with Crippen LogP contribution in [0.2, 0.25) is 0 Å². The van der Waals surface area contributed by atoms with Crippen molar-refractivity contribution in [3.8, 4) is 0 Å². The van der Waals surface area contributed by atoms with E-state index in [9.17, 15) is 0 Å². The van der Waals surface area contributed by atoms with Gasteiger partial charge in [-0.25, -0.2) is 9.97 Å². The highest BCUT2D eigenvalue weighted by Crippen LogP contribution is 2.06. The number of nitrogen functional groups attached to an aromatic ring is 1.